The lowest BCUT2D eigenvalue weighted by atomic mass is 10.0. The molecule has 1 atom stereocenters. The summed E-state index contributed by atoms with van der Waals surface area (Å²) in [6.07, 6.45) is 3.16. The highest BCUT2D eigenvalue weighted by Crippen LogP contribution is 2.28. The summed E-state index contributed by atoms with van der Waals surface area (Å²) in [5.74, 6) is 1.14. The molecule has 0 aliphatic carbocycles. The second kappa shape index (κ2) is 3.29. The standard InChI is InChI=1S/C10H13BrN2/c1-7-5-9(11)6-12-10(7)13-4-3-8(13)2/h5-6,8H,3-4H2,1-2H3. The summed E-state index contributed by atoms with van der Waals surface area (Å²) in [6.45, 7) is 5.50. The molecule has 13 heavy (non-hydrogen) atoms. The van der Waals surface area contributed by atoms with Crippen molar-refractivity contribution < 1.29 is 0 Å². The van der Waals surface area contributed by atoms with E-state index in [1.165, 1.54) is 12.0 Å². The van der Waals surface area contributed by atoms with Gasteiger partial charge >= 0.3 is 0 Å². The molecule has 1 fully saturated rings. The van der Waals surface area contributed by atoms with Crippen LogP contribution in [0.4, 0.5) is 5.82 Å². The fourth-order valence-electron chi connectivity index (χ4n) is 1.67. The van der Waals surface area contributed by atoms with Gasteiger partial charge in [0.1, 0.15) is 5.82 Å². The van der Waals surface area contributed by atoms with E-state index in [0.717, 1.165) is 16.8 Å². The number of anilines is 1. The van der Waals surface area contributed by atoms with Crippen LogP contribution in [0.1, 0.15) is 18.9 Å². The number of rotatable bonds is 1. The van der Waals surface area contributed by atoms with Gasteiger partial charge in [-0.3, -0.25) is 0 Å². The molecule has 70 valence electrons. The molecule has 0 radical (unpaired) electrons. The van der Waals surface area contributed by atoms with Crippen LogP contribution in [0.2, 0.25) is 0 Å². The van der Waals surface area contributed by atoms with Gasteiger partial charge in [-0.15, -0.1) is 0 Å². The number of nitrogens with zero attached hydrogens (tertiary/aromatic N) is 2. The van der Waals surface area contributed by atoms with E-state index in [0.29, 0.717) is 6.04 Å². The molecule has 1 aliphatic rings. The van der Waals surface area contributed by atoms with Gasteiger partial charge in [0.25, 0.3) is 0 Å². The summed E-state index contributed by atoms with van der Waals surface area (Å²) in [4.78, 5) is 6.78. The van der Waals surface area contributed by atoms with Gasteiger partial charge in [-0.1, -0.05) is 0 Å². The van der Waals surface area contributed by atoms with Crippen LogP contribution in [0.3, 0.4) is 0 Å². The largest absolute Gasteiger partial charge is 0.354 e. The minimum absolute atomic E-state index is 0.660. The van der Waals surface area contributed by atoms with Gasteiger partial charge in [0.15, 0.2) is 0 Å². The molecule has 0 bridgehead atoms. The van der Waals surface area contributed by atoms with Gasteiger partial charge in [-0.05, 0) is 47.8 Å². The monoisotopic (exact) mass is 240 g/mol. The Bertz CT molecular complexity index is 325. The van der Waals surface area contributed by atoms with E-state index >= 15 is 0 Å². The average Bonchev–Trinajstić information content (AvgIpc) is 2.07. The van der Waals surface area contributed by atoms with Gasteiger partial charge in [-0.2, -0.15) is 0 Å². The maximum Gasteiger partial charge on any atom is 0.131 e. The summed E-state index contributed by atoms with van der Waals surface area (Å²) < 4.78 is 1.06. The lowest BCUT2D eigenvalue weighted by molar-refractivity contribution is 0.475. The average molecular weight is 241 g/mol. The third kappa shape index (κ3) is 1.57. The maximum absolute atomic E-state index is 4.43. The molecule has 0 amide bonds. The van der Waals surface area contributed by atoms with Gasteiger partial charge < -0.3 is 4.90 Å². The van der Waals surface area contributed by atoms with Crippen molar-refractivity contribution in [1.29, 1.82) is 0 Å². The van der Waals surface area contributed by atoms with Crippen LogP contribution in [0.5, 0.6) is 0 Å². The van der Waals surface area contributed by atoms with Crippen molar-refractivity contribution in [2.24, 2.45) is 0 Å². The maximum atomic E-state index is 4.43. The molecule has 2 nitrogen and oxygen atoms in total. The molecule has 3 heteroatoms. The lowest BCUT2D eigenvalue weighted by Gasteiger charge is -2.40. The number of aryl methyl sites for hydroxylation is 1. The lowest BCUT2D eigenvalue weighted by Crippen LogP contribution is -2.46. The van der Waals surface area contributed by atoms with Crippen molar-refractivity contribution in [3.63, 3.8) is 0 Å². The van der Waals surface area contributed by atoms with E-state index in [9.17, 15) is 0 Å². The Hall–Kier alpha value is -0.570. The van der Waals surface area contributed by atoms with E-state index in [1.54, 1.807) is 0 Å². The van der Waals surface area contributed by atoms with E-state index < -0.39 is 0 Å². The zero-order chi connectivity index (χ0) is 9.42. The molecule has 1 saturated heterocycles. The Balaban J connectivity index is 2.30. The first-order valence-electron chi connectivity index (χ1n) is 4.57. The van der Waals surface area contributed by atoms with E-state index in [1.807, 2.05) is 6.20 Å². The molecule has 2 heterocycles. The molecule has 0 aromatic carbocycles. The first kappa shape index (κ1) is 9.00. The molecule has 0 saturated carbocycles. The third-order valence-corrected chi connectivity index (χ3v) is 3.04. The fourth-order valence-corrected chi connectivity index (χ4v) is 2.11. The highest BCUT2D eigenvalue weighted by atomic mass is 79.9. The van der Waals surface area contributed by atoms with Gasteiger partial charge in [-0.25, -0.2) is 4.98 Å². The highest BCUT2D eigenvalue weighted by molar-refractivity contribution is 9.10. The molecular weight excluding hydrogens is 228 g/mol. The predicted octanol–water partition coefficient (Wildman–Crippen LogP) is 2.75. The van der Waals surface area contributed by atoms with Crippen LogP contribution in [-0.4, -0.2) is 17.6 Å². The zero-order valence-electron chi connectivity index (χ0n) is 7.92. The van der Waals surface area contributed by atoms with Crippen molar-refractivity contribution in [3.8, 4) is 0 Å². The van der Waals surface area contributed by atoms with Crippen LogP contribution >= 0.6 is 15.9 Å². The first-order chi connectivity index (χ1) is 6.18. The van der Waals surface area contributed by atoms with E-state index in [4.69, 9.17) is 0 Å². The smallest absolute Gasteiger partial charge is 0.131 e. The molecule has 1 aromatic rings. The third-order valence-electron chi connectivity index (χ3n) is 2.61. The number of halogens is 1. The van der Waals surface area contributed by atoms with Crippen LogP contribution in [-0.2, 0) is 0 Å². The predicted molar refractivity (Wildman–Crippen MR) is 58.1 cm³/mol. The summed E-state index contributed by atoms with van der Waals surface area (Å²) in [5, 5.41) is 0. The number of aromatic nitrogens is 1. The van der Waals surface area contributed by atoms with Crippen molar-refractivity contribution in [1.82, 2.24) is 4.98 Å². The van der Waals surface area contributed by atoms with Gasteiger partial charge in [0, 0.05) is 23.3 Å². The van der Waals surface area contributed by atoms with Crippen LogP contribution in [0.25, 0.3) is 0 Å². The summed E-state index contributed by atoms with van der Waals surface area (Å²) in [5.41, 5.74) is 1.25. The quantitative estimate of drug-likeness (QED) is 0.751. The van der Waals surface area contributed by atoms with Gasteiger partial charge in [0.2, 0.25) is 0 Å². The molecule has 0 N–H and O–H groups in total. The molecule has 2 rings (SSSR count). The fraction of sp³-hybridized carbons (Fsp3) is 0.500. The Morgan fingerprint density at radius 3 is 2.85 bits per heavy atom. The Labute approximate surface area is 87.1 Å². The summed E-state index contributed by atoms with van der Waals surface area (Å²) in [7, 11) is 0. The van der Waals surface area contributed by atoms with Gasteiger partial charge in [0.05, 0.1) is 0 Å². The highest BCUT2D eigenvalue weighted by Gasteiger charge is 2.25. The molecule has 1 aliphatic heterocycles. The molecule has 0 spiro atoms. The van der Waals surface area contributed by atoms with Crippen LogP contribution < -0.4 is 4.90 Å². The van der Waals surface area contributed by atoms with E-state index in [2.05, 4.69) is 45.7 Å². The number of hydrogen-bond acceptors (Lipinski definition) is 2. The molecular formula is C10H13BrN2. The van der Waals surface area contributed by atoms with E-state index in [-0.39, 0.29) is 0 Å². The van der Waals surface area contributed by atoms with Crippen molar-refractivity contribution in [2.75, 3.05) is 11.4 Å². The van der Waals surface area contributed by atoms with Crippen LogP contribution in [0, 0.1) is 6.92 Å². The topological polar surface area (TPSA) is 16.1 Å². The van der Waals surface area contributed by atoms with Crippen molar-refractivity contribution >= 4 is 21.7 Å². The Morgan fingerprint density at radius 1 is 1.62 bits per heavy atom. The SMILES string of the molecule is Cc1cc(Br)cnc1N1CCC1C. The Kier molecular flexibility index (Phi) is 2.28. The first-order valence-corrected chi connectivity index (χ1v) is 5.36. The molecule has 1 aromatic heterocycles. The number of hydrogen-bond donors (Lipinski definition) is 0. The Morgan fingerprint density at radius 2 is 2.38 bits per heavy atom. The minimum atomic E-state index is 0.660. The minimum Gasteiger partial charge on any atom is -0.354 e. The number of pyridine rings is 1. The van der Waals surface area contributed by atoms with Crippen molar-refractivity contribution in [2.45, 2.75) is 26.3 Å². The normalized spacial score (nSPS) is 21.5. The second-order valence-corrected chi connectivity index (χ2v) is 4.54. The van der Waals surface area contributed by atoms with Crippen LogP contribution in [0.15, 0.2) is 16.7 Å². The zero-order valence-corrected chi connectivity index (χ0v) is 9.50. The summed E-state index contributed by atoms with van der Waals surface area (Å²) in [6, 6.07) is 2.78. The van der Waals surface area contributed by atoms with Crippen molar-refractivity contribution in [3.05, 3.63) is 22.3 Å². The second-order valence-electron chi connectivity index (χ2n) is 3.63. The molecule has 1 unspecified atom stereocenters. The summed E-state index contributed by atoms with van der Waals surface area (Å²) >= 11 is 3.42.